The number of ether oxygens (including phenoxy) is 1. The van der Waals surface area contributed by atoms with Crippen LogP contribution in [0, 0.1) is 0 Å². The summed E-state index contributed by atoms with van der Waals surface area (Å²) in [6.07, 6.45) is 0.104. The highest BCUT2D eigenvalue weighted by molar-refractivity contribution is 5.97. The van der Waals surface area contributed by atoms with E-state index < -0.39 is 18.1 Å². The Bertz CT molecular complexity index is 1380. The lowest BCUT2D eigenvalue weighted by Crippen LogP contribution is -2.43. The summed E-state index contributed by atoms with van der Waals surface area (Å²) in [5.74, 6) is -1.10. The summed E-state index contributed by atoms with van der Waals surface area (Å²) >= 11 is 0. The molecular formula is C28H23NO4. The van der Waals surface area contributed by atoms with Crippen molar-refractivity contribution < 1.29 is 19.4 Å². The second kappa shape index (κ2) is 8.43. The van der Waals surface area contributed by atoms with Crippen LogP contribution in [0.4, 0.5) is 10.5 Å². The molecule has 1 aliphatic rings. The van der Waals surface area contributed by atoms with Crippen LogP contribution >= 0.6 is 0 Å². The summed E-state index contributed by atoms with van der Waals surface area (Å²) in [7, 11) is 0. The Morgan fingerprint density at radius 2 is 1.64 bits per heavy atom. The van der Waals surface area contributed by atoms with Crippen molar-refractivity contribution in [1.82, 2.24) is 0 Å². The minimum atomic E-state index is -1.10. The van der Waals surface area contributed by atoms with Gasteiger partial charge in [-0.2, -0.15) is 0 Å². The van der Waals surface area contributed by atoms with Gasteiger partial charge in [0.15, 0.2) is 0 Å². The van der Waals surface area contributed by atoms with Crippen LogP contribution in [0.25, 0.3) is 21.9 Å². The molecule has 1 unspecified atom stereocenters. The van der Waals surface area contributed by atoms with Gasteiger partial charge in [0.05, 0.1) is 0 Å². The molecule has 1 atom stereocenters. The zero-order valence-corrected chi connectivity index (χ0v) is 18.2. The van der Waals surface area contributed by atoms with Gasteiger partial charge in [0.2, 0.25) is 0 Å². The largest absolute Gasteiger partial charge is 0.480 e. The van der Waals surface area contributed by atoms with E-state index >= 15 is 0 Å². The quantitative estimate of drug-likeness (QED) is 0.365. The normalized spacial score (nSPS) is 12.6. The van der Waals surface area contributed by atoms with Gasteiger partial charge in [-0.1, -0.05) is 72.8 Å². The zero-order chi connectivity index (χ0) is 22.9. The lowest BCUT2D eigenvalue weighted by Gasteiger charge is -2.26. The van der Waals surface area contributed by atoms with E-state index in [0.717, 1.165) is 33.9 Å². The summed E-state index contributed by atoms with van der Waals surface area (Å²) in [6, 6.07) is 26.4. The molecule has 0 spiro atoms. The number of carboxylic acid groups (broad SMARTS) is 1. The molecular weight excluding hydrogens is 414 g/mol. The Labute approximate surface area is 191 Å². The van der Waals surface area contributed by atoms with Crippen LogP contribution in [0.1, 0.15) is 23.6 Å². The number of carbonyl (C=O) groups excluding carboxylic acids is 1. The molecule has 33 heavy (non-hydrogen) atoms. The number of benzene rings is 4. The molecule has 1 amide bonds. The zero-order valence-electron chi connectivity index (χ0n) is 18.2. The second-order valence-corrected chi connectivity index (χ2v) is 8.25. The number of hydrogen-bond donors (Lipinski definition) is 1. The van der Waals surface area contributed by atoms with E-state index in [-0.39, 0.29) is 6.61 Å². The first-order valence-corrected chi connectivity index (χ1v) is 10.9. The fourth-order valence-electron chi connectivity index (χ4n) is 4.49. The van der Waals surface area contributed by atoms with Gasteiger partial charge in [0.25, 0.3) is 0 Å². The minimum Gasteiger partial charge on any atom is -0.480 e. The molecule has 1 N–H and O–H groups in total. The van der Waals surface area contributed by atoms with Crippen molar-refractivity contribution in [3.63, 3.8) is 0 Å². The molecule has 4 aromatic rings. The van der Waals surface area contributed by atoms with Crippen LogP contribution < -0.4 is 4.90 Å². The molecule has 0 saturated carbocycles. The summed E-state index contributed by atoms with van der Waals surface area (Å²) in [5.41, 5.74) is 6.18. The third-order valence-electron chi connectivity index (χ3n) is 6.25. The lowest BCUT2D eigenvalue weighted by molar-refractivity contribution is -0.138. The highest BCUT2D eigenvalue weighted by Crippen LogP contribution is 2.38. The predicted octanol–water partition coefficient (Wildman–Crippen LogP) is 6.03. The van der Waals surface area contributed by atoms with Crippen LogP contribution in [0.15, 0.2) is 84.9 Å². The maximum absolute atomic E-state index is 13.2. The number of carboxylic acids is 1. The standard InChI is InChI=1S/C28H23NO4/c1-18(27(30)31)29(23-14-13-19-7-2-3-8-20(19)15-23)28(32)33-17-22-10-6-12-25-24-11-5-4-9-21(24)16-26(22)25/h2-15,18H,16-17H2,1H3,(H,30,31). The van der Waals surface area contributed by atoms with Gasteiger partial charge in [0.1, 0.15) is 12.6 Å². The van der Waals surface area contributed by atoms with Gasteiger partial charge in [0, 0.05) is 5.69 Å². The monoisotopic (exact) mass is 437 g/mol. The number of anilines is 1. The highest BCUT2D eigenvalue weighted by Gasteiger charge is 2.29. The molecule has 0 saturated heterocycles. The lowest BCUT2D eigenvalue weighted by atomic mass is 10.0. The van der Waals surface area contributed by atoms with Crippen LogP contribution in [-0.2, 0) is 22.6 Å². The smallest absolute Gasteiger partial charge is 0.415 e. The van der Waals surface area contributed by atoms with Crippen molar-refractivity contribution in [2.45, 2.75) is 26.0 Å². The predicted molar refractivity (Wildman–Crippen MR) is 128 cm³/mol. The Morgan fingerprint density at radius 3 is 2.45 bits per heavy atom. The number of rotatable bonds is 5. The molecule has 4 aromatic carbocycles. The van der Waals surface area contributed by atoms with Gasteiger partial charge < -0.3 is 9.84 Å². The van der Waals surface area contributed by atoms with Crippen molar-refractivity contribution in [1.29, 1.82) is 0 Å². The van der Waals surface area contributed by atoms with Crippen molar-refractivity contribution in [3.05, 3.63) is 102 Å². The molecule has 1 aliphatic carbocycles. The number of nitrogens with zero attached hydrogens (tertiary/aromatic N) is 1. The molecule has 0 aromatic heterocycles. The first kappa shape index (κ1) is 20.8. The molecule has 0 radical (unpaired) electrons. The van der Waals surface area contributed by atoms with Gasteiger partial charge in [-0.05, 0) is 64.1 Å². The van der Waals surface area contributed by atoms with E-state index in [0.29, 0.717) is 5.69 Å². The molecule has 5 rings (SSSR count). The SMILES string of the molecule is CC(C(=O)O)N(C(=O)OCc1cccc2c1Cc1ccccc1-2)c1ccc2ccccc2c1. The van der Waals surface area contributed by atoms with E-state index in [2.05, 4.69) is 18.2 Å². The van der Waals surface area contributed by atoms with E-state index in [4.69, 9.17) is 4.74 Å². The fourth-order valence-corrected chi connectivity index (χ4v) is 4.49. The van der Waals surface area contributed by atoms with Gasteiger partial charge in [-0.15, -0.1) is 0 Å². The third kappa shape index (κ3) is 3.82. The highest BCUT2D eigenvalue weighted by atomic mass is 16.6. The van der Waals surface area contributed by atoms with Crippen molar-refractivity contribution in [2.75, 3.05) is 4.90 Å². The van der Waals surface area contributed by atoms with E-state index in [1.807, 2.05) is 60.7 Å². The molecule has 0 heterocycles. The first-order chi connectivity index (χ1) is 16.0. The number of aliphatic carboxylic acids is 1. The molecule has 5 nitrogen and oxygen atoms in total. The first-order valence-electron chi connectivity index (χ1n) is 10.9. The Hall–Kier alpha value is -4.12. The Morgan fingerprint density at radius 1 is 0.909 bits per heavy atom. The van der Waals surface area contributed by atoms with Crippen LogP contribution in [-0.4, -0.2) is 23.2 Å². The summed E-state index contributed by atoms with van der Waals surface area (Å²) in [6.45, 7) is 1.56. The fraction of sp³-hybridized carbons (Fsp3) is 0.143. The van der Waals surface area contributed by atoms with Gasteiger partial charge >= 0.3 is 12.1 Å². The average Bonchev–Trinajstić information content (AvgIpc) is 3.22. The summed E-state index contributed by atoms with van der Waals surface area (Å²) in [5, 5.41) is 11.6. The van der Waals surface area contributed by atoms with E-state index in [1.165, 1.54) is 23.0 Å². The Balaban J connectivity index is 1.42. The summed E-state index contributed by atoms with van der Waals surface area (Å²) < 4.78 is 5.68. The van der Waals surface area contributed by atoms with Gasteiger partial charge in [-0.3, -0.25) is 4.90 Å². The van der Waals surface area contributed by atoms with E-state index in [9.17, 15) is 14.7 Å². The average molecular weight is 437 g/mol. The number of amides is 1. The van der Waals surface area contributed by atoms with Gasteiger partial charge in [-0.25, -0.2) is 9.59 Å². The number of fused-ring (bicyclic) bond motifs is 4. The molecule has 5 heteroatoms. The maximum Gasteiger partial charge on any atom is 0.415 e. The maximum atomic E-state index is 13.2. The second-order valence-electron chi connectivity index (χ2n) is 8.25. The van der Waals surface area contributed by atoms with Crippen molar-refractivity contribution >= 4 is 28.5 Å². The topological polar surface area (TPSA) is 66.8 Å². The Kier molecular flexibility index (Phi) is 5.31. The third-order valence-corrected chi connectivity index (χ3v) is 6.25. The van der Waals surface area contributed by atoms with Crippen molar-refractivity contribution in [2.24, 2.45) is 0 Å². The molecule has 0 fully saturated rings. The number of carbonyl (C=O) groups is 2. The molecule has 0 aliphatic heterocycles. The van der Waals surface area contributed by atoms with Crippen LogP contribution in [0.2, 0.25) is 0 Å². The number of hydrogen-bond acceptors (Lipinski definition) is 3. The molecule has 164 valence electrons. The van der Waals surface area contributed by atoms with E-state index in [1.54, 1.807) is 6.07 Å². The van der Waals surface area contributed by atoms with Crippen LogP contribution in [0.5, 0.6) is 0 Å². The molecule has 0 bridgehead atoms. The minimum absolute atomic E-state index is 0.0758. The van der Waals surface area contributed by atoms with Crippen molar-refractivity contribution in [3.8, 4) is 11.1 Å². The van der Waals surface area contributed by atoms with Crippen LogP contribution in [0.3, 0.4) is 0 Å². The summed E-state index contributed by atoms with van der Waals surface area (Å²) in [4.78, 5) is 26.1.